The number of benzene rings is 1. The molecular weight excluding hydrogens is 329 g/mol. The number of carbonyl (C=O) groups is 2. The molecule has 1 aromatic carbocycles. The minimum absolute atomic E-state index is 0.260. The molecule has 0 radical (unpaired) electrons. The largest absolute Gasteiger partial charge is 0.481 e. The van der Waals surface area contributed by atoms with Crippen molar-refractivity contribution in [3.63, 3.8) is 0 Å². The average molecular weight is 344 g/mol. The number of nitrogens with zero attached hydrogens (tertiary/aromatic N) is 1. The van der Waals surface area contributed by atoms with Crippen LogP contribution in [0, 0.1) is 11.2 Å². The van der Waals surface area contributed by atoms with Crippen LogP contribution in [0.15, 0.2) is 22.7 Å². The van der Waals surface area contributed by atoms with Gasteiger partial charge < -0.3 is 10.0 Å². The smallest absolute Gasteiger partial charge is 0.309 e. The third-order valence-electron chi connectivity index (χ3n) is 3.84. The number of likely N-dealkylation sites (tertiary alicyclic amines) is 1. The number of carboxylic acid groups (broad SMARTS) is 1. The van der Waals surface area contributed by atoms with Crippen molar-refractivity contribution in [2.75, 3.05) is 13.1 Å². The third-order valence-corrected chi connectivity index (χ3v) is 4.48. The van der Waals surface area contributed by atoms with E-state index < -0.39 is 17.2 Å². The number of halogens is 2. The lowest BCUT2D eigenvalue weighted by molar-refractivity contribution is -0.150. The minimum atomic E-state index is -0.834. The molecule has 1 amide bonds. The van der Waals surface area contributed by atoms with E-state index in [0.29, 0.717) is 30.4 Å². The summed E-state index contributed by atoms with van der Waals surface area (Å²) in [6, 6.07) is 4.24. The number of amides is 1. The molecule has 0 unspecified atom stereocenters. The zero-order valence-corrected chi connectivity index (χ0v) is 12.6. The molecule has 1 aliphatic heterocycles. The van der Waals surface area contributed by atoms with Crippen LogP contribution in [0.4, 0.5) is 4.39 Å². The van der Waals surface area contributed by atoms with Crippen molar-refractivity contribution in [2.24, 2.45) is 5.41 Å². The van der Waals surface area contributed by atoms with Crippen LogP contribution in [-0.4, -0.2) is 35.0 Å². The number of carbonyl (C=O) groups excluding carboxylic acids is 1. The van der Waals surface area contributed by atoms with Crippen molar-refractivity contribution in [1.82, 2.24) is 4.90 Å². The quantitative estimate of drug-likeness (QED) is 0.898. The van der Waals surface area contributed by atoms with Crippen LogP contribution in [0.2, 0.25) is 0 Å². The number of piperidine rings is 1. The first-order chi connectivity index (χ1) is 9.33. The molecule has 1 aliphatic rings. The molecule has 2 rings (SSSR count). The maximum Gasteiger partial charge on any atom is 0.309 e. The molecule has 1 saturated heterocycles. The first-order valence-corrected chi connectivity index (χ1v) is 7.10. The van der Waals surface area contributed by atoms with E-state index in [1.54, 1.807) is 17.9 Å². The Labute approximate surface area is 124 Å². The molecule has 4 nitrogen and oxygen atoms in total. The van der Waals surface area contributed by atoms with Crippen molar-refractivity contribution in [3.8, 4) is 0 Å². The SMILES string of the molecule is CC1(C(=O)O)CCN(C(=O)c2ccc(Br)c(F)c2)CC1. The number of hydrogen-bond acceptors (Lipinski definition) is 2. The minimum Gasteiger partial charge on any atom is -0.481 e. The molecule has 0 bridgehead atoms. The van der Waals surface area contributed by atoms with Crippen LogP contribution in [0.3, 0.4) is 0 Å². The van der Waals surface area contributed by atoms with E-state index in [1.165, 1.54) is 12.1 Å². The van der Waals surface area contributed by atoms with Crippen LogP contribution >= 0.6 is 15.9 Å². The molecule has 1 heterocycles. The Morgan fingerprint density at radius 3 is 2.45 bits per heavy atom. The highest BCUT2D eigenvalue weighted by Crippen LogP contribution is 2.31. The Morgan fingerprint density at radius 2 is 1.95 bits per heavy atom. The van der Waals surface area contributed by atoms with Crippen LogP contribution < -0.4 is 0 Å². The fourth-order valence-electron chi connectivity index (χ4n) is 2.23. The zero-order chi connectivity index (χ0) is 14.9. The van der Waals surface area contributed by atoms with Gasteiger partial charge in [-0.3, -0.25) is 9.59 Å². The number of aliphatic carboxylic acids is 1. The third kappa shape index (κ3) is 2.85. The van der Waals surface area contributed by atoms with Crippen LogP contribution in [0.25, 0.3) is 0 Å². The molecule has 20 heavy (non-hydrogen) atoms. The predicted octanol–water partition coefficient (Wildman–Crippen LogP) is 2.92. The van der Waals surface area contributed by atoms with E-state index in [2.05, 4.69) is 15.9 Å². The van der Waals surface area contributed by atoms with Gasteiger partial charge in [0.25, 0.3) is 5.91 Å². The molecule has 1 aromatic rings. The average Bonchev–Trinajstić information content (AvgIpc) is 2.42. The second-order valence-electron chi connectivity index (χ2n) is 5.29. The predicted molar refractivity (Wildman–Crippen MR) is 75.0 cm³/mol. The molecular formula is C14H15BrFNO3. The van der Waals surface area contributed by atoms with Crippen LogP contribution in [0.5, 0.6) is 0 Å². The molecule has 6 heteroatoms. The summed E-state index contributed by atoms with van der Waals surface area (Å²) >= 11 is 3.04. The van der Waals surface area contributed by atoms with Crippen molar-refractivity contribution < 1.29 is 19.1 Å². The van der Waals surface area contributed by atoms with E-state index in [4.69, 9.17) is 5.11 Å². The summed E-state index contributed by atoms with van der Waals surface area (Å²) in [5, 5.41) is 9.15. The Hall–Kier alpha value is -1.43. The molecule has 0 atom stereocenters. The van der Waals surface area contributed by atoms with Gasteiger partial charge in [-0.05, 0) is 53.9 Å². The van der Waals surface area contributed by atoms with Gasteiger partial charge in [0.15, 0.2) is 0 Å². The topological polar surface area (TPSA) is 57.6 Å². The van der Waals surface area contributed by atoms with Gasteiger partial charge in [0.2, 0.25) is 0 Å². The second-order valence-corrected chi connectivity index (χ2v) is 6.14. The van der Waals surface area contributed by atoms with Gasteiger partial charge in [0.05, 0.1) is 9.89 Å². The van der Waals surface area contributed by atoms with Crippen molar-refractivity contribution in [1.29, 1.82) is 0 Å². The summed E-state index contributed by atoms with van der Waals surface area (Å²) < 4.78 is 13.8. The number of carboxylic acids is 1. The highest BCUT2D eigenvalue weighted by molar-refractivity contribution is 9.10. The molecule has 1 N–H and O–H groups in total. The molecule has 1 fully saturated rings. The van der Waals surface area contributed by atoms with Crippen LogP contribution in [-0.2, 0) is 4.79 Å². The van der Waals surface area contributed by atoms with E-state index in [1.807, 2.05) is 0 Å². The lowest BCUT2D eigenvalue weighted by Gasteiger charge is -2.36. The van der Waals surface area contributed by atoms with Gasteiger partial charge >= 0.3 is 5.97 Å². The van der Waals surface area contributed by atoms with Gasteiger partial charge in [0, 0.05) is 18.7 Å². The highest BCUT2D eigenvalue weighted by atomic mass is 79.9. The summed E-state index contributed by atoms with van der Waals surface area (Å²) in [6.45, 7) is 2.44. The van der Waals surface area contributed by atoms with E-state index in [9.17, 15) is 14.0 Å². The van der Waals surface area contributed by atoms with E-state index >= 15 is 0 Å². The number of hydrogen-bond donors (Lipinski definition) is 1. The number of rotatable bonds is 2. The highest BCUT2D eigenvalue weighted by Gasteiger charge is 2.38. The van der Waals surface area contributed by atoms with E-state index in [-0.39, 0.29) is 11.5 Å². The zero-order valence-electron chi connectivity index (χ0n) is 11.0. The molecule has 0 aliphatic carbocycles. The fourth-order valence-corrected chi connectivity index (χ4v) is 2.48. The van der Waals surface area contributed by atoms with Gasteiger partial charge in [-0.2, -0.15) is 0 Å². The lowest BCUT2D eigenvalue weighted by atomic mass is 9.80. The Balaban J connectivity index is 2.08. The van der Waals surface area contributed by atoms with Gasteiger partial charge in [0.1, 0.15) is 5.82 Å². The monoisotopic (exact) mass is 343 g/mol. The fraction of sp³-hybridized carbons (Fsp3) is 0.429. The van der Waals surface area contributed by atoms with E-state index in [0.717, 1.165) is 0 Å². The van der Waals surface area contributed by atoms with Gasteiger partial charge in [-0.15, -0.1) is 0 Å². The normalized spacial score (nSPS) is 17.9. The Bertz CT molecular complexity index is 553. The molecule has 108 valence electrons. The maximum atomic E-state index is 13.4. The summed E-state index contributed by atoms with van der Waals surface area (Å²) in [7, 11) is 0. The second kappa shape index (κ2) is 5.52. The lowest BCUT2D eigenvalue weighted by Crippen LogP contribution is -2.45. The molecule has 0 aromatic heterocycles. The van der Waals surface area contributed by atoms with Crippen molar-refractivity contribution in [2.45, 2.75) is 19.8 Å². The standard InChI is InChI=1S/C14H15BrFNO3/c1-14(13(19)20)4-6-17(7-5-14)12(18)9-2-3-10(15)11(16)8-9/h2-3,8H,4-7H2,1H3,(H,19,20). The van der Waals surface area contributed by atoms with Crippen LogP contribution in [0.1, 0.15) is 30.1 Å². The Kier molecular flexibility index (Phi) is 4.13. The summed E-state index contributed by atoms with van der Waals surface area (Å²) in [4.78, 5) is 25.0. The van der Waals surface area contributed by atoms with Crippen molar-refractivity contribution in [3.05, 3.63) is 34.1 Å². The summed E-state index contributed by atoms with van der Waals surface area (Å²) in [6.07, 6.45) is 0.820. The first kappa shape index (κ1) is 15.0. The first-order valence-electron chi connectivity index (χ1n) is 6.31. The maximum absolute atomic E-state index is 13.4. The van der Waals surface area contributed by atoms with Crippen molar-refractivity contribution >= 4 is 27.8 Å². The summed E-state index contributed by atoms with van der Waals surface area (Å²) in [5.74, 6) is -1.58. The Morgan fingerprint density at radius 1 is 1.35 bits per heavy atom. The summed E-state index contributed by atoms with van der Waals surface area (Å²) in [5.41, 5.74) is -0.494. The van der Waals surface area contributed by atoms with Gasteiger partial charge in [-0.1, -0.05) is 0 Å². The molecule has 0 spiro atoms. The molecule has 0 saturated carbocycles. The van der Waals surface area contributed by atoms with Gasteiger partial charge in [-0.25, -0.2) is 4.39 Å².